The van der Waals surface area contributed by atoms with Crippen molar-refractivity contribution < 1.29 is 14.3 Å². The first-order valence-electron chi connectivity index (χ1n) is 9.53. The number of nitrogens with one attached hydrogen (secondary N) is 2. The third kappa shape index (κ3) is 5.64. The SMILES string of the molecule is O=C(NCCCOCC1CCOC1)NC1CC1C1CCCCC1. The van der Waals surface area contributed by atoms with Crippen molar-refractivity contribution in [3.05, 3.63) is 0 Å². The summed E-state index contributed by atoms with van der Waals surface area (Å²) in [6, 6.07) is 0.425. The summed E-state index contributed by atoms with van der Waals surface area (Å²) in [6.07, 6.45) is 10.1. The van der Waals surface area contributed by atoms with Crippen molar-refractivity contribution in [1.82, 2.24) is 10.6 Å². The first-order valence-corrected chi connectivity index (χ1v) is 9.53. The van der Waals surface area contributed by atoms with E-state index in [0.717, 1.165) is 44.5 Å². The lowest BCUT2D eigenvalue weighted by Crippen LogP contribution is -2.38. The van der Waals surface area contributed by atoms with Gasteiger partial charge in [0.2, 0.25) is 0 Å². The Hall–Kier alpha value is -0.810. The summed E-state index contributed by atoms with van der Waals surface area (Å²) < 4.78 is 11.0. The molecule has 2 saturated carbocycles. The maximum Gasteiger partial charge on any atom is 0.315 e. The fourth-order valence-corrected chi connectivity index (χ4v) is 4.02. The maximum atomic E-state index is 11.9. The van der Waals surface area contributed by atoms with Gasteiger partial charge in [-0.25, -0.2) is 4.79 Å². The van der Waals surface area contributed by atoms with E-state index in [0.29, 0.717) is 25.1 Å². The van der Waals surface area contributed by atoms with Gasteiger partial charge >= 0.3 is 6.03 Å². The molecule has 0 aromatic heterocycles. The highest BCUT2D eigenvalue weighted by atomic mass is 16.5. The van der Waals surface area contributed by atoms with Crippen LogP contribution in [0.1, 0.15) is 51.4 Å². The highest BCUT2D eigenvalue weighted by molar-refractivity contribution is 5.74. The lowest BCUT2D eigenvalue weighted by atomic mass is 9.85. The molecule has 2 amide bonds. The monoisotopic (exact) mass is 324 g/mol. The molecule has 1 heterocycles. The molecule has 0 aromatic rings. The van der Waals surface area contributed by atoms with Gasteiger partial charge in [0, 0.05) is 31.7 Å². The second kappa shape index (κ2) is 8.88. The molecule has 3 fully saturated rings. The smallest absolute Gasteiger partial charge is 0.315 e. The minimum atomic E-state index is -0.00231. The van der Waals surface area contributed by atoms with Gasteiger partial charge in [-0.15, -0.1) is 0 Å². The van der Waals surface area contributed by atoms with Gasteiger partial charge < -0.3 is 20.1 Å². The van der Waals surface area contributed by atoms with Crippen LogP contribution in [0.5, 0.6) is 0 Å². The topological polar surface area (TPSA) is 59.6 Å². The molecule has 2 N–H and O–H groups in total. The zero-order chi connectivity index (χ0) is 15.9. The molecule has 2 aliphatic carbocycles. The first-order chi connectivity index (χ1) is 11.3. The van der Waals surface area contributed by atoms with E-state index in [-0.39, 0.29) is 6.03 Å². The normalized spacial score (nSPS) is 31.0. The zero-order valence-corrected chi connectivity index (χ0v) is 14.2. The quantitative estimate of drug-likeness (QED) is 0.675. The van der Waals surface area contributed by atoms with Gasteiger partial charge in [0.25, 0.3) is 0 Å². The Morgan fingerprint density at radius 3 is 2.83 bits per heavy atom. The molecule has 0 spiro atoms. The van der Waals surface area contributed by atoms with Crippen molar-refractivity contribution in [3.63, 3.8) is 0 Å². The molecule has 3 rings (SSSR count). The predicted octanol–water partition coefficient (Wildman–Crippen LogP) is 2.70. The van der Waals surface area contributed by atoms with Gasteiger partial charge in [0.05, 0.1) is 13.2 Å². The minimum Gasteiger partial charge on any atom is -0.381 e. The van der Waals surface area contributed by atoms with E-state index in [4.69, 9.17) is 9.47 Å². The second-order valence-corrected chi connectivity index (χ2v) is 7.46. The minimum absolute atomic E-state index is 0.00231. The van der Waals surface area contributed by atoms with Crippen LogP contribution >= 0.6 is 0 Å². The van der Waals surface area contributed by atoms with Gasteiger partial charge in [0.15, 0.2) is 0 Å². The molecule has 0 radical (unpaired) electrons. The maximum absolute atomic E-state index is 11.9. The molecule has 0 aromatic carbocycles. The molecule has 1 saturated heterocycles. The molecular weight excluding hydrogens is 292 g/mol. The summed E-state index contributed by atoms with van der Waals surface area (Å²) in [7, 11) is 0. The fourth-order valence-electron chi connectivity index (χ4n) is 4.02. The molecule has 1 aliphatic heterocycles. The Balaban J connectivity index is 1.17. The second-order valence-electron chi connectivity index (χ2n) is 7.46. The van der Waals surface area contributed by atoms with Gasteiger partial charge in [-0.3, -0.25) is 0 Å². The number of urea groups is 1. The van der Waals surface area contributed by atoms with Crippen LogP contribution in [0.3, 0.4) is 0 Å². The van der Waals surface area contributed by atoms with E-state index in [9.17, 15) is 4.79 Å². The summed E-state index contributed by atoms with van der Waals surface area (Å²) >= 11 is 0. The fraction of sp³-hybridized carbons (Fsp3) is 0.944. The summed E-state index contributed by atoms with van der Waals surface area (Å²) in [6.45, 7) is 3.90. The van der Waals surface area contributed by atoms with E-state index in [1.807, 2.05) is 0 Å². The van der Waals surface area contributed by atoms with Crippen LogP contribution in [0.2, 0.25) is 0 Å². The Morgan fingerprint density at radius 2 is 2.04 bits per heavy atom. The summed E-state index contributed by atoms with van der Waals surface area (Å²) in [4.78, 5) is 11.9. The Kier molecular flexibility index (Phi) is 6.57. The molecule has 0 bridgehead atoms. The van der Waals surface area contributed by atoms with Crippen LogP contribution in [-0.4, -0.2) is 45.0 Å². The van der Waals surface area contributed by atoms with Gasteiger partial charge in [-0.2, -0.15) is 0 Å². The number of carbonyl (C=O) groups is 1. The van der Waals surface area contributed by atoms with Crippen LogP contribution in [0.15, 0.2) is 0 Å². The summed E-state index contributed by atoms with van der Waals surface area (Å²) in [5, 5.41) is 6.08. The molecule has 3 aliphatic rings. The number of hydrogen-bond donors (Lipinski definition) is 2. The number of rotatable bonds is 8. The average molecular weight is 324 g/mol. The standard InChI is InChI=1S/C18H32N2O3/c21-18(19-8-4-9-22-12-14-7-10-23-13-14)20-17-11-16(17)15-5-2-1-3-6-15/h14-17H,1-13H2,(H2,19,20,21). The number of hydrogen-bond acceptors (Lipinski definition) is 3. The van der Waals surface area contributed by atoms with Crippen LogP contribution in [0, 0.1) is 17.8 Å². The highest BCUT2D eigenvalue weighted by Gasteiger charge is 2.43. The molecular formula is C18H32N2O3. The molecule has 3 unspecified atom stereocenters. The van der Waals surface area contributed by atoms with Crippen molar-refractivity contribution in [2.24, 2.45) is 17.8 Å². The molecule has 132 valence electrons. The Morgan fingerprint density at radius 1 is 1.17 bits per heavy atom. The molecule has 23 heavy (non-hydrogen) atoms. The lowest BCUT2D eigenvalue weighted by molar-refractivity contribution is 0.0885. The van der Waals surface area contributed by atoms with Gasteiger partial charge in [-0.1, -0.05) is 32.1 Å². The van der Waals surface area contributed by atoms with E-state index < -0.39 is 0 Å². The van der Waals surface area contributed by atoms with Crippen molar-refractivity contribution in [2.75, 3.05) is 33.0 Å². The van der Waals surface area contributed by atoms with Crippen molar-refractivity contribution in [2.45, 2.75) is 57.4 Å². The lowest BCUT2D eigenvalue weighted by Gasteiger charge is -2.21. The van der Waals surface area contributed by atoms with Crippen LogP contribution in [0.25, 0.3) is 0 Å². The van der Waals surface area contributed by atoms with E-state index in [2.05, 4.69) is 10.6 Å². The summed E-state index contributed by atoms with van der Waals surface area (Å²) in [5.74, 6) is 2.18. The van der Waals surface area contributed by atoms with E-state index in [1.54, 1.807) is 0 Å². The Labute approximate surface area is 139 Å². The van der Waals surface area contributed by atoms with Gasteiger partial charge in [-0.05, 0) is 31.1 Å². The number of amides is 2. The van der Waals surface area contributed by atoms with Crippen LogP contribution in [0.4, 0.5) is 4.79 Å². The van der Waals surface area contributed by atoms with E-state index in [1.165, 1.54) is 38.5 Å². The van der Waals surface area contributed by atoms with Crippen LogP contribution in [-0.2, 0) is 9.47 Å². The molecule has 3 atom stereocenters. The van der Waals surface area contributed by atoms with Crippen molar-refractivity contribution >= 4 is 6.03 Å². The van der Waals surface area contributed by atoms with Crippen molar-refractivity contribution in [1.29, 1.82) is 0 Å². The summed E-state index contributed by atoms with van der Waals surface area (Å²) in [5.41, 5.74) is 0. The highest BCUT2D eigenvalue weighted by Crippen LogP contribution is 2.44. The van der Waals surface area contributed by atoms with Crippen LogP contribution < -0.4 is 10.6 Å². The van der Waals surface area contributed by atoms with E-state index >= 15 is 0 Å². The largest absolute Gasteiger partial charge is 0.381 e. The third-order valence-electron chi connectivity index (χ3n) is 5.54. The predicted molar refractivity (Wildman–Crippen MR) is 89.4 cm³/mol. The Bertz CT molecular complexity index is 365. The molecule has 5 heteroatoms. The first kappa shape index (κ1) is 17.0. The average Bonchev–Trinajstić information content (AvgIpc) is 3.13. The van der Waals surface area contributed by atoms with Gasteiger partial charge in [0.1, 0.15) is 0 Å². The third-order valence-corrected chi connectivity index (χ3v) is 5.54. The zero-order valence-electron chi connectivity index (χ0n) is 14.2. The van der Waals surface area contributed by atoms with Crippen molar-refractivity contribution in [3.8, 4) is 0 Å². The number of ether oxygens (including phenoxy) is 2. The molecule has 5 nitrogen and oxygen atoms in total. The number of carbonyl (C=O) groups excluding carboxylic acids is 1.